The molecule has 1 aliphatic rings. The molecular formula is C21H23N2+. The van der Waals surface area contributed by atoms with Crippen LogP contribution in [0.2, 0.25) is 0 Å². The molecule has 1 atom stereocenters. The molecule has 1 aromatic heterocycles. The second kappa shape index (κ2) is 5.09. The lowest BCUT2D eigenvalue weighted by Gasteiger charge is -2.08. The van der Waals surface area contributed by atoms with Crippen molar-refractivity contribution in [2.24, 2.45) is 0 Å². The van der Waals surface area contributed by atoms with Crippen molar-refractivity contribution in [1.82, 2.24) is 4.57 Å². The molecule has 0 bridgehead atoms. The second-order valence-electron chi connectivity index (χ2n) is 6.65. The van der Waals surface area contributed by atoms with Crippen LogP contribution in [0.25, 0.3) is 10.9 Å². The number of rotatable bonds is 2. The maximum absolute atomic E-state index is 2.47. The molecule has 1 unspecified atom stereocenters. The van der Waals surface area contributed by atoms with Crippen LogP contribution in [0.5, 0.6) is 0 Å². The van der Waals surface area contributed by atoms with Crippen molar-refractivity contribution in [2.75, 3.05) is 0 Å². The molecule has 0 amide bonds. The van der Waals surface area contributed by atoms with Crippen molar-refractivity contribution in [3.63, 3.8) is 0 Å². The summed E-state index contributed by atoms with van der Waals surface area (Å²) in [6.45, 7) is 9.91. The first-order chi connectivity index (χ1) is 11.1. The lowest BCUT2D eigenvalue weighted by Crippen LogP contribution is -2.17. The number of nitrogens with zero attached hydrogens (tertiary/aromatic N) is 2. The van der Waals surface area contributed by atoms with Gasteiger partial charge in [0.05, 0.1) is 11.4 Å². The van der Waals surface area contributed by atoms with Crippen LogP contribution in [0.4, 0.5) is 5.69 Å². The molecule has 1 aliphatic heterocycles. The lowest BCUT2D eigenvalue weighted by molar-refractivity contribution is -0.473. The lowest BCUT2D eigenvalue weighted by atomic mass is 9.99. The first-order valence-electron chi connectivity index (χ1n) is 8.34. The van der Waals surface area contributed by atoms with Crippen molar-refractivity contribution in [3.8, 4) is 0 Å². The predicted molar refractivity (Wildman–Crippen MR) is 96.9 cm³/mol. The van der Waals surface area contributed by atoms with E-state index in [-0.39, 0.29) is 0 Å². The highest BCUT2D eigenvalue weighted by atomic mass is 15.2. The third kappa shape index (κ3) is 1.98. The largest absolute Gasteiger partial charge is 0.289 e. The van der Waals surface area contributed by atoms with Crippen molar-refractivity contribution in [2.45, 2.75) is 40.3 Å². The average molecular weight is 303 g/mol. The van der Waals surface area contributed by atoms with Crippen LogP contribution >= 0.6 is 0 Å². The molecule has 0 N–H and O–H groups in total. The SMILES string of the molecule is CC1=[N+](Cn2c(C)c(C)c3ccccc32)c2ccccc2C1C. The summed E-state index contributed by atoms with van der Waals surface area (Å²) in [5.74, 6) is 0.495. The highest BCUT2D eigenvalue weighted by molar-refractivity contribution is 5.89. The number of hydrogen-bond donors (Lipinski definition) is 0. The Morgan fingerprint density at radius 2 is 1.65 bits per heavy atom. The van der Waals surface area contributed by atoms with Gasteiger partial charge in [-0.2, -0.15) is 4.58 Å². The van der Waals surface area contributed by atoms with Crippen LogP contribution in [0.15, 0.2) is 48.5 Å². The van der Waals surface area contributed by atoms with Gasteiger partial charge in [0.2, 0.25) is 12.4 Å². The Morgan fingerprint density at radius 3 is 2.48 bits per heavy atom. The Hall–Kier alpha value is -2.35. The molecule has 2 heteroatoms. The van der Waals surface area contributed by atoms with Crippen molar-refractivity contribution < 1.29 is 4.58 Å². The minimum Gasteiger partial charge on any atom is -0.289 e. The van der Waals surface area contributed by atoms with Gasteiger partial charge in [0.15, 0.2) is 5.71 Å². The highest BCUT2D eigenvalue weighted by Crippen LogP contribution is 2.35. The number of fused-ring (bicyclic) bond motifs is 2. The number of aryl methyl sites for hydroxylation is 1. The van der Waals surface area contributed by atoms with Crippen LogP contribution in [-0.4, -0.2) is 14.9 Å². The molecule has 0 aliphatic carbocycles. The molecule has 23 heavy (non-hydrogen) atoms. The molecule has 4 rings (SSSR count). The fourth-order valence-electron chi connectivity index (χ4n) is 3.86. The molecule has 0 fully saturated rings. The van der Waals surface area contributed by atoms with E-state index in [4.69, 9.17) is 0 Å². The Morgan fingerprint density at radius 1 is 0.957 bits per heavy atom. The quantitative estimate of drug-likeness (QED) is 0.579. The third-order valence-electron chi connectivity index (χ3n) is 5.58. The molecule has 0 saturated carbocycles. The summed E-state index contributed by atoms with van der Waals surface area (Å²) in [6.07, 6.45) is 0. The number of aromatic nitrogens is 1. The fourth-order valence-corrected chi connectivity index (χ4v) is 3.86. The molecule has 0 spiro atoms. The summed E-state index contributed by atoms with van der Waals surface area (Å²) < 4.78 is 4.92. The molecule has 116 valence electrons. The van der Waals surface area contributed by atoms with Gasteiger partial charge in [-0.05, 0) is 32.4 Å². The molecule has 0 radical (unpaired) electrons. The van der Waals surface area contributed by atoms with Gasteiger partial charge in [0.25, 0.3) is 0 Å². The average Bonchev–Trinajstić information content (AvgIpc) is 2.97. The van der Waals surface area contributed by atoms with Gasteiger partial charge in [0, 0.05) is 29.6 Å². The van der Waals surface area contributed by atoms with E-state index in [2.05, 4.69) is 85.4 Å². The van der Waals surface area contributed by atoms with E-state index in [9.17, 15) is 0 Å². The fraction of sp³-hybridized carbons (Fsp3) is 0.286. The summed E-state index contributed by atoms with van der Waals surface area (Å²) in [7, 11) is 0. The molecule has 2 heterocycles. The standard InChI is InChI=1S/C21H23N2/c1-14-16(3)22(20-11-7-5-9-18(14)20)13-23-17(4)15(2)19-10-6-8-12-21(19)23/h5-12,14H,13H2,1-4H3/q+1. The van der Waals surface area contributed by atoms with E-state index in [1.807, 2.05) is 0 Å². The molecule has 2 aromatic carbocycles. The first-order valence-corrected chi connectivity index (χ1v) is 8.34. The first kappa shape index (κ1) is 14.3. The predicted octanol–water partition coefficient (Wildman–Crippen LogP) is 5.14. The van der Waals surface area contributed by atoms with Crippen LogP contribution in [-0.2, 0) is 6.67 Å². The smallest absolute Gasteiger partial charge is 0.228 e. The van der Waals surface area contributed by atoms with E-state index < -0.39 is 0 Å². The monoisotopic (exact) mass is 303 g/mol. The molecule has 2 nitrogen and oxygen atoms in total. The van der Waals surface area contributed by atoms with Crippen molar-refractivity contribution >= 4 is 22.3 Å². The minimum absolute atomic E-state index is 0.495. The summed E-state index contributed by atoms with van der Waals surface area (Å²) in [5.41, 5.74) is 8.30. The summed E-state index contributed by atoms with van der Waals surface area (Å²) in [4.78, 5) is 0. The zero-order valence-corrected chi connectivity index (χ0v) is 14.3. The molecular weight excluding hydrogens is 280 g/mol. The van der Waals surface area contributed by atoms with Gasteiger partial charge in [0.1, 0.15) is 0 Å². The zero-order valence-electron chi connectivity index (χ0n) is 14.3. The van der Waals surface area contributed by atoms with Crippen LogP contribution in [0.1, 0.15) is 36.6 Å². The van der Waals surface area contributed by atoms with Gasteiger partial charge in [-0.3, -0.25) is 4.57 Å². The second-order valence-corrected chi connectivity index (χ2v) is 6.65. The Balaban J connectivity index is 1.88. The van der Waals surface area contributed by atoms with Crippen LogP contribution < -0.4 is 0 Å². The number of para-hydroxylation sites is 2. The Labute approximate surface area is 137 Å². The summed E-state index contributed by atoms with van der Waals surface area (Å²) in [6, 6.07) is 17.5. The topological polar surface area (TPSA) is 7.94 Å². The Kier molecular flexibility index (Phi) is 3.15. The van der Waals surface area contributed by atoms with E-state index in [1.165, 1.54) is 39.1 Å². The maximum atomic E-state index is 2.47. The maximum Gasteiger partial charge on any atom is 0.228 e. The van der Waals surface area contributed by atoms with Crippen LogP contribution in [0.3, 0.4) is 0 Å². The van der Waals surface area contributed by atoms with E-state index in [0.717, 1.165) is 6.67 Å². The van der Waals surface area contributed by atoms with E-state index in [0.29, 0.717) is 5.92 Å². The summed E-state index contributed by atoms with van der Waals surface area (Å²) >= 11 is 0. The molecule has 0 saturated heterocycles. The zero-order chi connectivity index (χ0) is 16.1. The van der Waals surface area contributed by atoms with Gasteiger partial charge in [-0.25, -0.2) is 0 Å². The van der Waals surface area contributed by atoms with Gasteiger partial charge in [-0.15, -0.1) is 0 Å². The summed E-state index contributed by atoms with van der Waals surface area (Å²) in [5, 5.41) is 1.36. The highest BCUT2D eigenvalue weighted by Gasteiger charge is 2.33. The third-order valence-corrected chi connectivity index (χ3v) is 5.58. The number of benzene rings is 2. The van der Waals surface area contributed by atoms with Crippen LogP contribution in [0, 0.1) is 13.8 Å². The van der Waals surface area contributed by atoms with E-state index in [1.54, 1.807) is 0 Å². The van der Waals surface area contributed by atoms with Gasteiger partial charge < -0.3 is 0 Å². The van der Waals surface area contributed by atoms with Crippen molar-refractivity contribution in [1.29, 1.82) is 0 Å². The molecule has 3 aromatic rings. The van der Waals surface area contributed by atoms with Gasteiger partial charge in [-0.1, -0.05) is 36.4 Å². The van der Waals surface area contributed by atoms with Crippen molar-refractivity contribution in [3.05, 3.63) is 65.4 Å². The number of hydrogen-bond acceptors (Lipinski definition) is 0. The van der Waals surface area contributed by atoms with E-state index >= 15 is 0 Å². The van der Waals surface area contributed by atoms with Gasteiger partial charge >= 0.3 is 0 Å². The minimum atomic E-state index is 0.495. The normalized spacial score (nSPS) is 17.1. The Bertz CT molecular complexity index is 944.